The maximum absolute atomic E-state index is 12.9. The maximum Gasteiger partial charge on any atom is 0.282 e. The van der Waals surface area contributed by atoms with E-state index in [1.807, 2.05) is 47.3 Å². The van der Waals surface area contributed by atoms with Crippen LogP contribution in [0.15, 0.2) is 103 Å². The van der Waals surface area contributed by atoms with Crippen molar-refractivity contribution in [2.24, 2.45) is 0 Å². The van der Waals surface area contributed by atoms with E-state index in [1.54, 1.807) is 41.4 Å². The van der Waals surface area contributed by atoms with E-state index in [0.717, 1.165) is 11.3 Å². The molecule has 2 aromatic carbocycles. The van der Waals surface area contributed by atoms with E-state index >= 15 is 0 Å². The average molecular weight is 545 g/mol. The van der Waals surface area contributed by atoms with Crippen LogP contribution >= 0.6 is 0 Å². The third-order valence-corrected chi connectivity index (χ3v) is 7.06. The number of rotatable bonds is 10. The molecule has 12 heteroatoms. The van der Waals surface area contributed by atoms with Crippen LogP contribution in [0.5, 0.6) is 11.6 Å². The number of hydrogen-bond acceptors (Lipinski definition) is 8. The minimum Gasteiger partial charge on any atom is -0.495 e. The number of nitrogens with one attached hydrogen (secondary N) is 2. The van der Waals surface area contributed by atoms with E-state index < -0.39 is 10.0 Å². The summed E-state index contributed by atoms with van der Waals surface area (Å²) >= 11 is 0. The lowest BCUT2D eigenvalue weighted by atomic mass is 10.3. The zero-order valence-corrected chi connectivity index (χ0v) is 22.0. The van der Waals surface area contributed by atoms with E-state index in [-0.39, 0.29) is 4.90 Å². The topological polar surface area (TPSA) is 124 Å². The number of para-hydroxylation sites is 1. The monoisotopic (exact) mass is 544 g/mol. The van der Waals surface area contributed by atoms with Gasteiger partial charge in [-0.05, 0) is 18.2 Å². The molecule has 39 heavy (non-hydrogen) atoms. The van der Waals surface area contributed by atoms with Crippen LogP contribution in [-0.4, -0.2) is 42.4 Å². The lowest BCUT2D eigenvalue weighted by Gasteiger charge is -2.09. The third-order valence-electron chi connectivity index (χ3n) is 5.71. The van der Waals surface area contributed by atoms with Gasteiger partial charge < -0.3 is 14.8 Å². The van der Waals surface area contributed by atoms with Crippen molar-refractivity contribution in [1.82, 2.24) is 19.7 Å². The fourth-order valence-corrected chi connectivity index (χ4v) is 4.79. The van der Waals surface area contributed by atoms with Crippen LogP contribution < -0.4 is 24.1 Å². The van der Waals surface area contributed by atoms with Gasteiger partial charge in [-0.15, -0.1) is 0 Å². The Morgan fingerprint density at radius 1 is 0.949 bits per heavy atom. The molecule has 11 nitrogen and oxygen atoms in total. The second kappa shape index (κ2) is 11.2. The molecule has 0 saturated heterocycles. The van der Waals surface area contributed by atoms with Gasteiger partial charge in [-0.1, -0.05) is 24.3 Å². The molecule has 0 fully saturated rings. The molecular weight excluding hydrogens is 518 g/mol. The van der Waals surface area contributed by atoms with Crippen molar-refractivity contribution in [2.45, 2.75) is 11.4 Å². The Bertz CT molecular complexity index is 1690. The number of methoxy groups -OCH3 is 2. The van der Waals surface area contributed by atoms with Crippen molar-refractivity contribution < 1.29 is 22.5 Å². The van der Waals surface area contributed by atoms with Gasteiger partial charge in [0.2, 0.25) is 18.1 Å². The van der Waals surface area contributed by atoms with Crippen LogP contribution in [0.1, 0.15) is 5.56 Å². The molecule has 3 aromatic heterocycles. The predicted octanol–water partition coefficient (Wildman–Crippen LogP) is 3.37. The van der Waals surface area contributed by atoms with E-state index in [4.69, 9.17) is 9.47 Å². The normalized spacial score (nSPS) is 11.1. The van der Waals surface area contributed by atoms with Crippen LogP contribution in [0.4, 0.5) is 11.5 Å². The summed E-state index contributed by atoms with van der Waals surface area (Å²) in [7, 11) is -0.898. The quantitative estimate of drug-likeness (QED) is 0.257. The molecule has 2 N–H and O–H groups in total. The van der Waals surface area contributed by atoms with E-state index in [0.29, 0.717) is 35.4 Å². The van der Waals surface area contributed by atoms with E-state index in [9.17, 15) is 8.42 Å². The van der Waals surface area contributed by atoms with Gasteiger partial charge in [0, 0.05) is 42.7 Å². The Kier molecular flexibility index (Phi) is 7.37. The summed E-state index contributed by atoms with van der Waals surface area (Å²) < 4.78 is 42.5. The van der Waals surface area contributed by atoms with E-state index in [2.05, 4.69) is 25.1 Å². The molecule has 0 aliphatic carbocycles. The van der Waals surface area contributed by atoms with Crippen LogP contribution in [0.25, 0.3) is 11.4 Å². The molecule has 0 saturated carbocycles. The summed E-state index contributed by atoms with van der Waals surface area (Å²) in [5, 5.41) is 7.73. The average Bonchev–Trinajstić information content (AvgIpc) is 3.45. The fraction of sp³-hybridized carbons (Fsp3) is 0.111. The molecule has 3 heterocycles. The van der Waals surface area contributed by atoms with Crippen LogP contribution in [0.2, 0.25) is 0 Å². The summed E-state index contributed by atoms with van der Waals surface area (Å²) in [6.45, 7) is 0.488. The minimum atomic E-state index is -3.88. The Labute approximate surface area is 225 Å². The number of ether oxygens (including phenoxy) is 2. The van der Waals surface area contributed by atoms with Crippen LogP contribution in [-0.2, 0) is 16.6 Å². The highest BCUT2D eigenvalue weighted by Crippen LogP contribution is 2.20. The zero-order valence-electron chi connectivity index (χ0n) is 21.2. The van der Waals surface area contributed by atoms with Crippen molar-refractivity contribution in [1.29, 1.82) is 0 Å². The molecule has 198 valence electrons. The first-order valence-electron chi connectivity index (χ1n) is 11.9. The van der Waals surface area contributed by atoms with Gasteiger partial charge in [0.1, 0.15) is 10.6 Å². The Morgan fingerprint density at radius 3 is 2.59 bits per heavy atom. The van der Waals surface area contributed by atoms with Crippen LogP contribution in [0, 0.1) is 0 Å². The molecule has 0 unspecified atom stereocenters. The van der Waals surface area contributed by atoms with Gasteiger partial charge in [0.25, 0.3) is 15.9 Å². The number of aromatic nitrogens is 5. The summed E-state index contributed by atoms with van der Waals surface area (Å²) in [6, 6.07) is 18.2. The molecule has 0 aliphatic heterocycles. The number of anilines is 2. The molecule has 0 amide bonds. The second-order valence-corrected chi connectivity index (χ2v) is 10.1. The first kappa shape index (κ1) is 25.7. The lowest BCUT2D eigenvalue weighted by Crippen LogP contribution is -2.31. The van der Waals surface area contributed by atoms with E-state index in [1.165, 1.54) is 32.7 Å². The highest BCUT2D eigenvalue weighted by Gasteiger charge is 2.18. The van der Waals surface area contributed by atoms with Gasteiger partial charge >= 0.3 is 0 Å². The molecule has 0 atom stereocenters. The number of nitrogens with zero attached hydrogens (tertiary/aromatic N) is 5. The summed E-state index contributed by atoms with van der Waals surface area (Å²) in [5.74, 6) is 1.29. The van der Waals surface area contributed by atoms with Gasteiger partial charge in [-0.3, -0.25) is 9.71 Å². The molecule has 5 aromatic rings. The largest absolute Gasteiger partial charge is 0.495 e. The molecular formula is C27H26N7O4S+. The molecule has 0 radical (unpaired) electrons. The lowest BCUT2D eigenvalue weighted by molar-refractivity contribution is -0.595. The highest BCUT2D eigenvalue weighted by atomic mass is 32.2. The molecule has 0 bridgehead atoms. The van der Waals surface area contributed by atoms with Crippen LogP contribution in [0.3, 0.4) is 0 Å². The van der Waals surface area contributed by atoms with Crippen molar-refractivity contribution in [3.8, 4) is 23.0 Å². The van der Waals surface area contributed by atoms with Crippen molar-refractivity contribution in [3.63, 3.8) is 0 Å². The van der Waals surface area contributed by atoms with Crippen molar-refractivity contribution in [2.75, 3.05) is 24.3 Å². The molecule has 5 rings (SSSR count). The maximum atomic E-state index is 12.9. The Morgan fingerprint density at radius 2 is 1.79 bits per heavy atom. The third kappa shape index (κ3) is 6.13. The SMILES string of the molecule is COc1cncc(S(=O)(=O)Nc2cccc(-[n+]3cc(NCc4cnn(-c5ccccc5)c4)nc(OC)c3)c2)c1. The van der Waals surface area contributed by atoms with Gasteiger partial charge in [-0.25, -0.2) is 13.1 Å². The van der Waals surface area contributed by atoms with Gasteiger partial charge in [0.05, 0.1) is 38.0 Å². The minimum absolute atomic E-state index is 0.00689. The number of hydrogen-bond donors (Lipinski definition) is 2. The number of sulfonamides is 1. The standard InChI is InChI=1S/C27H26N7O4S/c1-37-24-12-25(16-28-15-24)39(35,36)32-21-7-6-10-23(11-21)33-18-26(31-27(19-33)38-2)29-13-20-14-30-34(17-20)22-8-4-3-5-9-22/h3-12,14-19,32H,13H2,1-2H3,(H,29,31)/q+1. The summed E-state index contributed by atoms with van der Waals surface area (Å²) in [5.41, 5.74) is 3.01. The molecule has 0 aliphatic rings. The van der Waals surface area contributed by atoms with Crippen molar-refractivity contribution >= 4 is 21.5 Å². The first-order valence-corrected chi connectivity index (χ1v) is 13.3. The Hall–Kier alpha value is -4.97. The summed E-state index contributed by atoms with van der Waals surface area (Å²) in [4.78, 5) is 8.41. The fourth-order valence-electron chi connectivity index (χ4n) is 3.76. The molecule has 0 spiro atoms. The number of pyridine rings is 1. The smallest absolute Gasteiger partial charge is 0.282 e. The summed E-state index contributed by atoms with van der Waals surface area (Å²) in [6.07, 6.45) is 9.94. The highest BCUT2D eigenvalue weighted by molar-refractivity contribution is 7.92. The second-order valence-electron chi connectivity index (χ2n) is 8.40. The zero-order chi connectivity index (χ0) is 27.2. The Balaban J connectivity index is 1.35. The van der Waals surface area contributed by atoms with Gasteiger partial charge in [0.15, 0.2) is 5.82 Å². The number of benzene rings is 2. The van der Waals surface area contributed by atoms with Gasteiger partial charge in [-0.2, -0.15) is 14.6 Å². The predicted molar refractivity (Wildman–Crippen MR) is 145 cm³/mol. The first-order chi connectivity index (χ1) is 18.9. The van der Waals surface area contributed by atoms with Crippen molar-refractivity contribution in [3.05, 3.63) is 103 Å².